The maximum atomic E-state index is 14.3. The molecule has 0 aliphatic carbocycles. The van der Waals surface area contributed by atoms with Crippen LogP contribution in [0, 0.1) is 5.92 Å². The number of fused-ring (bicyclic) bond motifs is 4. The van der Waals surface area contributed by atoms with Gasteiger partial charge in [0.15, 0.2) is 0 Å². The molecule has 43 heavy (non-hydrogen) atoms. The highest BCUT2D eigenvalue weighted by molar-refractivity contribution is 6.24. The zero-order valence-corrected chi connectivity index (χ0v) is 24.0. The van der Waals surface area contributed by atoms with Crippen LogP contribution in [-0.2, 0) is 16.0 Å². The monoisotopic (exact) mass is 580 g/mol. The van der Waals surface area contributed by atoms with Gasteiger partial charge in [-0.3, -0.25) is 14.5 Å². The molecule has 0 unspecified atom stereocenters. The van der Waals surface area contributed by atoms with Crippen molar-refractivity contribution in [2.24, 2.45) is 5.92 Å². The van der Waals surface area contributed by atoms with Crippen molar-refractivity contribution in [2.45, 2.75) is 44.8 Å². The van der Waals surface area contributed by atoms with E-state index in [4.69, 9.17) is 4.74 Å². The highest BCUT2D eigenvalue weighted by Gasteiger charge is 2.53. The van der Waals surface area contributed by atoms with Crippen molar-refractivity contribution in [3.8, 4) is 5.75 Å². The van der Waals surface area contributed by atoms with E-state index in [0.717, 1.165) is 32.6 Å². The maximum absolute atomic E-state index is 14.3. The summed E-state index contributed by atoms with van der Waals surface area (Å²) in [6.45, 7) is 3.73. The van der Waals surface area contributed by atoms with Gasteiger partial charge in [-0.25, -0.2) is 14.5 Å². The molecule has 4 amide bonds. The Labute approximate surface area is 248 Å². The second kappa shape index (κ2) is 10.9. The molecular formula is C33H32N4O6. The minimum atomic E-state index is -1.15. The van der Waals surface area contributed by atoms with Gasteiger partial charge >= 0.3 is 12.0 Å². The molecule has 1 saturated heterocycles. The number of para-hydroxylation sites is 2. The number of anilines is 1. The minimum Gasteiger partial charge on any atom is -0.497 e. The molecule has 4 aromatic rings. The lowest BCUT2D eigenvalue weighted by atomic mass is 9.89. The fourth-order valence-electron chi connectivity index (χ4n) is 6.22. The van der Waals surface area contributed by atoms with Crippen LogP contribution < -0.4 is 15.0 Å². The van der Waals surface area contributed by atoms with Gasteiger partial charge < -0.3 is 20.1 Å². The van der Waals surface area contributed by atoms with Crippen LogP contribution >= 0.6 is 0 Å². The van der Waals surface area contributed by atoms with Gasteiger partial charge in [0, 0.05) is 23.0 Å². The molecule has 0 spiro atoms. The number of carboxylic acids is 1. The first-order valence-corrected chi connectivity index (χ1v) is 14.2. The predicted molar refractivity (Wildman–Crippen MR) is 160 cm³/mol. The fraction of sp³-hybridized carbons (Fsp3) is 0.273. The van der Waals surface area contributed by atoms with Crippen LogP contribution in [0.3, 0.4) is 0 Å². The standard InChI is InChI=1S/C33H32N4O6/c1-18(2)16-25(32(40)41)35-30(38)22-9-5-7-11-26(22)37-31(39)27-17-23-21-8-4-6-10-24(21)34-28(23)29(36(27)33(37)42)19-12-14-20(43-3)15-13-19/h4-15,18,25,27,29,34H,16-17H2,1-3H3,(H,35,38)(H,40,41)/t25-,27+,29+/m1/s1. The zero-order valence-electron chi connectivity index (χ0n) is 24.0. The fourth-order valence-corrected chi connectivity index (χ4v) is 6.22. The first-order chi connectivity index (χ1) is 20.7. The van der Waals surface area contributed by atoms with Crippen molar-refractivity contribution in [1.82, 2.24) is 15.2 Å². The average molecular weight is 581 g/mol. The number of aromatic nitrogens is 1. The number of ether oxygens (including phenoxy) is 1. The molecule has 10 heteroatoms. The Morgan fingerprint density at radius 2 is 1.72 bits per heavy atom. The van der Waals surface area contributed by atoms with E-state index in [2.05, 4.69) is 10.3 Å². The number of H-pyrrole nitrogens is 1. The number of aromatic amines is 1. The Hall–Kier alpha value is -5.12. The molecule has 10 nitrogen and oxygen atoms in total. The molecule has 0 saturated carbocycles. The van der Waals surface area contributed by atoms with Crippen LogP contribution in [0.4, 0.5) is 10.5 Å². The molecular weight excluding hydrogens is 548 g/mol. The first kappa shape index (κ1) is 28.0. The molecule has 0 radical (unpaired) electrons. The Balaban J connectivity index is 1.42. The number of hydrogen-bond donors (Lipinski definition) is 3. The number of nitrogens with zero attached hydrogens (tertiary/aromatic N) is 2. The molecule has 3 atom stereocenters. The number of methoxy groups -OCH3 is 1. The molecule has 1 aromatic heterocycles. The molecule has 0 bridgehead atoms. The summed E-state index contributed by atoms with van der Waals surface area (Å²) in [6, 6.07) is 18.4. The highest BCUT2D eigenvalue weighted by atomic mass is 16.5. The number of benzene rings is 3. The van der Waals surface area contributed by atoms with Gasteiger partial charge in [0.05, 0.1) is 18.4 Å². The number of carboxylic acid groups (broad SMARTS) is 1. The Kier molecular flexibility index (Phi) is 7.13. The summed E-state index contributed by atoms with van der Waals surface area (Å²) in [7, 11) is 1.58. The minimum absolute atomic E-state index is 0.0254. The number of nitrogens with one attached hydrogen (secondary N) is 2. The van der Waals surface area contributed by atoms with E-state index in [1.54, 1.807) is 30.2 Å². The third-order valence-electron chi connectivity index (χ3n) is 8.18. The van der Waals surface area contributed by atoms with E-state index >= 15 is 0 Å². The summed E-state index contributed by atoms with van der Waals surface area (Å²) in [5.74, 6) is -1.58. The van der Waals surface area contributed by atoms with Crippen LogP contribution in [0.25, 0.3) is 10.9 Å². The summed E-state index contributed by atoms with van der Waals surface area (Å²) >= 11 is 0. The summed E-state index contributed by atoms with van der Waals surface area (Å²) in [5, 5.41) is 13.2. The summed E-state index contributed by atoms with van der Waals surface area (Å²) in [4.78, 5) is 59.9. The van der Waals surface area contributed by atoms with Gasteiger partial charge in [0.2, 0.25) is 0 Å². The average Bonchev–Trinajstić information content (AvgIpc) is 3.49. The van der Waals surface area contributed by atoms with Crippen molar-refractivity contribution in [1.29, 1.82) is 0 Å². The van der Waals surface area contributed by atoms with Gasteiger partial charge in [0.25, 0.3) is 11.8 Å². The highest BCUT2D eigenvalue weighted by Crippen LogP contribution is 2.45. The largest absolute Gasteiger partial charge is 0.497 e. The van der Waals surface area contributed by atoms with E-state index in [1.165, 1.54) is 6.07 Å². The van der Waals surface area contributed by atoms with Gasteiger partial charge in [-0.15, -0.1) is 0 Å². The topological polar surface area (TPSA) is 132 Å². The first-order valence-electron chi connectivity index (χ1n) is 14.2. The van der Waals surface area contributed by atoms with Gasteiger partial charge in [-0.1, -0.05) is 56.3 Å². The molecule has 3 heterocycles. The van der Waals surface area contributed by atoms with Gasteiger partial charge in [-0.2, -0.15) is 0 Å². The second-order valence-electron chi connectivity index (χ2n) is 11.3. The Bertz CT molecular complexity index is 1740. The molecule has 3 aromatic carbocycles. The lowest BCUT2D eigenvalue weighted by molar-refractivity contribution is -0.139. The molecule has 3 N–H and O–H groups in total. The van der Waals surface area contributed by atoms with Gasteiger partial charge in [-0.05, 0) is 53.8 Å². The maximum Gasteiger partial charge on any atom is 0.332 e. The van der Waals surface area contributed by atoms with E-state index < -0.39 is 41.9 Å². The van der Waals surface area contributed by atoms with Crippen LogP contribution in [0.1, 0.15) is 53.5 Å². The SMILES string of the molecule is COc1ccc([C@H]2c3[nH]c4ccccc4c3C[C@H]3C(=O)N(c4ccccc4C(=O)N[C@H](CC(C)C)C(=O)O)C(=O)N23)cc1. The molecule has 220 valence electrons. The van der Waals surface area contributed by atoms with E-state index in [0.29, 0.717) is 12.2 Å². The molecule has 2 aliphatic heterocycles. The normalized spacial score (nSPS) is 18.5. The number of rotatable bonds is 8. The van der Waals surface area contributed by atoms with E-state index in [1.807, 2.05) is 62.4 Å². The number of hydrogen-bond acceptors (Lipinski definition) is 5. The third-order valence-corrected chi connectivity index (χ3v) is 8.18. The van der Waals surface area contributed by atoms with Crippen molar-refractivity contribution >= 4 is 40.4 Å². The van der Waals surface area contributed by atoms with Gasteiger partial charge in [0.1, 0.15) is 23.9 Å². The van der Waals surface area contributed by atoms with Crippen LogP contribution in [0.5, 0.6) is 5.75 Å². The number of amides is 4. The van der Waals surface area contributed by atoms with E-state index in [9.17, 15) is 24.3 Å². The van der Waals surface area contributed by atoms with Crippen molar-refractivity contribution in [3.63, 3.8) is 0 Å². The van der Waals surface area contributed by atoms with Crippen LogP contribution in [0.15, 0.2) is 72.8 Å². The number of imide groups is 1. The molecule has 1 fully saturated rings. The van der Waals surface area contributed by atoms with Crippen molar-refractivity contribution in [3.05, 3.63) is 95.2 Å². The lowest BCUT2D eigenvalue weighted by Crippen LogP contribution is -2.44. The third kappa shape index (κ3) is 4.78. The zero-order chi connectivity index (χ0) is 30.4. The predicted octanol–water partition coefficient (Wildman–Crippen LogP) is 4.89. The second-order valence-corrected chi connectivity index (χ2v) is 11.3. The number of carbonyl (C=O) groups is 4. The summed E-state index contributed by atoms with van der Waals surface area (Å²) in [6.07, 6.45) is 0.535. The summed E-state index contributed by atoms with van der Waals surface area (Å²) in [5.41, 5.74) is 3.66. The smallest absolute Gasteiger partial charge is 0.332 e. The molecule has 6 rings (SSSR count). The number of aliphatic carboxylic acids is 1. The Morgan fingerprint density at radius 3 is 2.42 bits per heavy atom. The van der Waals surface area contributed by atoms with E-state index in [-0.39, 0.29) is 23.6 Å². The Morgan fingerprint density at radius 1 is 1.02 bits per heavy atom. The number of carbonyl (C=O) groups excluding carboxylic acids is 3. The van der Waals surface area contributed by atoms with Crippen LogP contribution in [-0.4, -0.2) is 58.0 Å². The lowest BCUT2D eigenvalue weighted by Gasteiger charge is -2.36. The number of urea groups is 1. The summed E-state index contributed by atoms with van der Waals surface area (Å²) < 4.78 is 5.35. The van der Waals surface area contributed by atoms with Crippen molar-refractivity contribution < 1.29 is 29.0 Å². The quantitative estimate of drug-likeness (QED) is 0.254. The van der Waals surface area contributed by atoms with Crippen molar-refractivity contribution in [2.75, 3.05) is 12.0 Å². The van der Waals surface area contributed by atoms with Crippen LogP contribution in [0.2, 0.25) is 0 Å². The molecule has 2 aliphatic rings.